The highest BCUT2D eigenvalue weighted by atomic mass is 16.5. The van der Waals surface area contributed by atoms with E-state index in [-0.39, 0.29) is 36.9 Å². The van der Waals surface area contributed by atoms with Crippen LogP contribution in [0, 0.1) is 6.92 Å². The van der Waals surface area contributed by atoms with Crippen LogP contribution in [0.15, 0.2) is 24.3 Å². The molecule has 1 amide bonds. The Balaban J connectivity index is 2.55. The smallest absolute Gasteiger partial charge is 0.307 e. The van der Waals surface area contributed by atoms with Gasteiger partial charge in [-0.25, -0.2) is 0 Å². The van der Waals surface area contributed by atoms with Crippen molar-refractivity contribution < 1.29 is 19.1 Å². The molecule has 0 aliphatic carbocycles. The number of aryl methyl sites for hydroxylation is 1. The molecule has 0 heterocycles. The molecule has 144 valence electrons. The molecule has 0 fully saturated rings. The van der Waals surface area contributed by atoms with Crippen LogP contribution in [0.5, 0.6) is 0 Å². The zero-order valence-electron chi connectivity index (χ0n) is 16.3. The molecule has 0 aliphatic heterocycles. The molecule has 0 atom stereocenters. The number of carbonyl (C=O) groups is 3. The lowest BCUT2D eigenvalue weighted by atomic mass is 10.0. The molecule has 26 heavy (non-hydrogen) atoms. The summed E-state index contributed by atoms with van der Waals surface area (Å²) in [5.74, 6) is -0.403. The second-order valence-electron chi connectivity index (χ2n) is 6.43. The fourth-order valence-corrected chi connectivity index (χ4v) is 2.64. The summed E-state index contributed by atoms with van der Waals surface area (Å²) in [4.78, 5) is 38.0. The molecule has 0 saturated heterocycles. The van der Waals surface area contributed by atoms with Crippen molar-refractivity contribution in [3.8, 4) is 0 Å². The first-order valence-corrected chi connectivity index (χ1v) is 9.51. The zero-order valence-corrected chi connectivity index (χ0v) is 16.3. The van der Waals surface area contributed by atoms with Crippen molar-refractivity contribution in [3.63, 3.8) is 0 Å². The maximum absolute atomic E-state index is 12.5. The van der Waals surface area contributed by atoms with E-state index in [0.717, 1.165) is 24.8 Å². The maximum atomic E-state index is 12.5. The predicted molar refractivity (Wildman–Crippen MR) is 102 cm³/mol. The van der Waals surface area contributed by atoms with Gasteiger partial charge in [0, 0.05) is 31.5 Å². The van der Waals surface area contributed by atoms with Crippen LogP contribution in [0.1, 0.15) is 68.3 Å². The van der Waals surface area contributed by atoms with Gasteiger partial charge in [0.2, 0.25) is 5.91 Å². The highest BCUT2D eigenvalue weighted by Crippen LogP contribution is 2.10. The summed E-state index contributed by atoms with van der Waals surface area (Å²) in [7, 11) is 0. The number of unbranched alkanes of at least 4 members (excludes halogenated alkanes) is 2. The minimum atomic E-state index is -0.295. The molecule has 0 N–H and O–H groups in total. The molecule has 1 aromatic carbocycles. The lowest BCUT2D eigenvalue weighted by Crippen LogP contribution is -2.34. The Hall–Kier alpha value is -2.17. The van der Waals surface area contributed by atoms with Gasteiger partial charge >= 0.3 is 5.97 Å². The molecule has 0 aromatic heterocycles. The Labute approximate surface area is 156 Å². The number of ketones is 1. The van der Waals surface area contributed by atoms with Crippen molar-refractivity contribution in [2.75, 3.05) is 19.7 Å². The second kappa shape index (κ2) is 12.2. The number of rotatable bonds is 12. The van der Waals surface area contributed by atoms with Gasteiger partial charge < -0.3 is 9.64 Å². The molecular weight excluding hydrogens is 330 g/mol. The quantitative estimate of drug-likeness (QED) is 0.321. The predicted octanol–water partition coefficient (Wildman–Crippen LogP) is 3.93. The largest absolute Gasteiger partial charge is 0.466 e. The van der Waals surface area contributed by atoms with Gasteiger partial charge in [-0.05, 0) is 20.3 Å². The van der Waals surface area contributed by atoms with Crippen molar-refractivity contribution in [2.45, 2.75) is 59.3 Å². The number of nitrogens with zero attached hydrogens (tertiary/aromatic N) is 1. The first-order chi connectivity index (χ1) is 12.5. The number of carbonyl (C=O) groups excluding carboxylic acids is 3. The van der Waals surface area contributed by atoms with Gasteiger partial charge in [-0.1, -0.05) is 49.6 Å². The van der Waals surface area contributed by atoms with Crippen LogP contribution in [-0.2, 0) is 14.3 Å². The third-order valence-electron chi connectivity index (χ3n) is 4.21. The fourth-order valence-electron chi connectivity index (χ4n) is 2.64. The third-order valence-corrected chi connectivity index (χ3v) is 4.21. The van der Waals surface area contributed by atoms with E-state index in [1.165, 1.54) is 0 Å². The van der Waals surface area contributed by atoms with E-state index in [1.807, 2.05) is 19.1 Å². The van der Waals surface area contributed by atoms with Crippen molar-refractivity contribution >= 4 is 17.7 Å². The van der Waals surface area contributed by atoms with Crippen LogP contribution in [0.25, 0.3) is 0 Å². The van der Waals surface area contributed by atoms with Crippen molar-refractivity contribution in [1.82, 2.24) is 4.90 Å². The molecule has 0 unspecified atom stereocenters. The lowest BCUT2D eigenvalue weighted by Gasteiger charge is -2.22. The van der Waals surface area contributed by atoms with Crippen LogP contribution >= 0.6 is 0 Å². The molecule has 1 aromatic rings. The maximum Gasteiger partial charge on any atom is 0.307 e. The Morgan fingerprint density at radius 1 is 0.923 bits per heavy atom. The normalized spacial score (nSPS) is 10.4. The number of Topliss-reactive ketones (excluding diaryl/α,β-unsaturated/α-hetero) is 1. The van der Waals surface area contributed by atoms with Gasteiger partial charge in [-0.2, -0.15) is 0 Å². The summed E-state index contributed by atoms with van der Waals surface area (Å²) in [6, 6.07) is 7.38. The van der Waals surface area contributed by atoms with Gasteiger partial charge in [-0.15, -0.1) is 0 Å². The Bertz CT molecular complexity index is 580. The van der Waals surface area contributed by atoms with Gasteiger partial charge in [0.15, 0.2) is 5.78 Å². The molecule has 1 rings (SSSR count). The number of esters is 1. The third kappa shape index (κ3) is 8.28. The monoisotopic (exact) mass is 361 g/mol. The van der Waals surface area contributed by atoms with Crippen LogP contribution in [0.2, 0.25) is 0 Å². The van der Waals surface area contributed by atoms with E-state index in [2.05, 4.69) is 6.92 Å². The molecule has 0 radical (unpaired) electrons. The molecule has 0 spiro atoms. The Kier molecular flexibility index (Phi) is 10.3. The summed E-state index contributed by atoms with van der Waals surface area (Å²) in [5.41, 5.74) is 1.73. The molecule has 0 saturated carbocycles. The topological polar surface area (TPSA) is 63.7 Å². The first-order valence-electron chi connectivity index (χ1n) is 9.51. The van der Waals surface area contributed by atoms with Gasteiger partial charge in [-0.3, -0.25) is 14.4 Å². The van der Waals surface area contributed by atoms with Crippen molar-refractivity contribution in [1.29, 1.82) is 0 Å². The molecule has 0 aliphatic rings. The summed E-state index contributed by atoms with van der Waals surface area (Å²) in [6.45, 7) is 7.14. The van der Waals surface area contributed by atoms with Crippen LogP contribution < -0.4 is 0 Å². The Morgan fingerprint density at radius 2 is 1.62 bits per heavy atom. The van der Waals surface area contributed by atoms with E-state index in [4.69, 9.17) is 4.74 Å². The van der Waals surface area contributed by atoms with E-state index in [1.54, 1.807) is 24.0 Å². The number of hydrogen-bond donors (Lipinski definition) is 0. The zero-order chi connectivity index (χ0) is 19.4. The van der Waals surface area contributed by atoms with E-state index >= 15 is 0 Å². The summed E-state index contributed by atoms with van der Waals surface area (Å²) >= 11 is 0. The van der Waals surface area contributed by atoms with Crippen molar-refractivity contribution in [3.05, 3.63) is 35.4 Å². The van der Waals surface area contributed by atoms with E-state index in [9.17, 15) is 14.4 Å². The minimum Gasteiger partial charge on any atom is -0.466 e. The molecular formula is C21H31NO4. The number of amides is 1. The molecule has 0 bridgehead atoms. The Morgan fingerprint density at radius 3 is 2.23 bits per heavy atom. The molecule has 5 nitrogen and oxygen atoms in total. The first kappa shape index (κ1) is 21.9. The summed E-state index contributed by atoms with van der Waals surface area (Å²) < 4.78 is 4.93. The molecule has 5 heteroatoms. The summed E-state index contributed by atoms with van der Waals surface area (Å²) in [5, 5.41) is 0. The van der Waals surface area contributed by atoms with E-state index < -0.39 is 0 Å². The van der Waals surface area contributed by atoms with Crippen molar-refractivity contribution in [2.24, 2.45) is 0 Å². The highest BCUT2D eigenvalue weighted by molar-refractivity contribution is 5.98. The average Bonchev–Trinajstić information content (AvgIpc) is 2.63. The fraction of sp³-hybridized carbons (Fsp3) is 0.571. The average molecular weight is 361 g/mol. The number of hydrogen-bond acceptors (Lipinski definition) is 4. The van der Waals surface area contributed by atoms with Gasteiger partial charge in [0.1, 0.15) is 0 Å². The second-order valence-corrected chi connectivity index (χ2v) is 6.43. The number of benzene rings is 1. The van der Waals surface area contributed by atoms with Crippen LogP contribution in [-0.4, -0.2) is 42.3 Å². The van der Waals surface area contributed by atoms with Crippen LogP contribution in [0.3, 0.4) is 0 Å². The highest BCUT2D eigenvalue weighted by Gasteiger charge is 2.17. The number of ether oxygens (including phenoxy) is 1. The minimum absolute atomic E-state index is 0.0303. The van der Waals surface area contributed by atoms with Gasteiger partial charge in [0.05, 0.1) is 13.0 Å². The standard InChI is InChI=1S/C21H31NO4/c1-4-6-7-15-22(16-14-21(25)26-5-2)20(24)13-12-19(23)18-10-8-17(3)9-11-18/h8-11H,4-7,12-16H2,1-3H3. The summed E-state index contributed by atoms with van der Waals surface area (Å²) in [6.07, 6.45) is 3.54. The SMILES string of the molecule is CCCCCN(CCC(=O)OCC)C(=O)CCC(=O)c1ccc(C)cc1. The lowest BCUT2D eigenvalue weighted by molar-refractivity contribution is -0.144. The van der Waals surface area contributed by atoms with Gasteiger partial charge in [0.25, 0.3) is 0 Å². The van der Waals surface area contributed by atoms with Crippen LogP contribution in [0.4, 0.5) is 0 Å². The van der Waals surface area contributed by atoms with E-state index in [0.29, 0.717) is 25.3 Å².